The molecule has 13 heavy (non-hydrogen) atoms. The number of hydrogen-bond donors (Lipinski definition) is 0. The Labute approximate surface area is 80.0 Å². The van der Waals surface area contributed by atoms with E-state index in [0.717, 1.165) is 0 Å². The van der Waals surface area contributed by atoms with E-state index >= 15 is 0 Å². The molecule has 2 rings (SSSR count). The predicted molar refractivity (Wildman–Crippen MR) is 63.9 cm³/mol. The van der Waals surface area contributed by atoms with Gasteiger partial charge in [-0.25, -0.2) is 0 Å². The second-order valence-corrected chi connectivity index (χ2v) is 5.39. The molecule has 1 aromatic carbocycles. The van der Waals surface area contributed by atoms with Crippen LogP contribution in [0.2, 0.25) is 0 Å². The van der Waals surface area contributed by atoms with Crippen molar-refractivity contribution >= 4 is 18.9 Å². The lowest BCUT2D eigenvalue weighted by atomic mass is 10.1. The molecule has 0 saturated carbocycles. The fraction of sp³-hybridized carbons (Fsp3) is 0.0833. The van der Waals surface area contributed by atoms with Crippen molar-refractivity contribution in [3.05, 3.63) is 53.9 Å². The molecule has 0 bridgehead atoms. The second kappa shape index (κ2) is 3.81. The van der Waals surface area contributed by atoms with Crippen LogP contribution in [0.3, 0.4) is 0 Å². The molecule has 1 aliphatic rings. The quantitative estimate of drug-likeness (QED) is 0.593. The summed E-state index contributed by atoms with van der Waals surface area (Å²) in [6.45, 7) is 2.29. The molecule has 1 atom stereocenters. The molecule has 0 spiro atoms. The first kappa shape index (κ1) is 8.59. The van der Waals surface area contributed by atoms with Crippen molar-refractivity contribution in [1.29, 1.82) is 0 Å². The summed E-state index contributed by atoms with van der Waals surface area (Å²) in [5.74, 6) is 4.65. The molecule has 0 nitrogen and oxygen atoms in total. The summed E-state index contributed by atoms with van der Waals surface area (Å²) in [5.41, 5.74) is 2.64. The van der Waals surface area contributed by atoms with Crippen LogP contribution in [-0.4, -0.2) is 12.5 Å². The van der Waals surface area contributed by atoms with Crippen LogP contribution in [0.15, 0.2) is 48.3 Å². The summed E-state index contributed by atoms with van der Waals surface area (Å²) in [6, 6.07) is 10.5. The average molecular weight is 188 g/mol. The molecular formula is C12H13P. The van der Waals surface area contributed by atoms with Crippen LogP contribution in [0.25, 0.3) is 5.57 Å². The Morgan fingerprint density at radius 2 is 1.85 bits per heavy atom. The molecule has 1 aliphatic heterocycles. The van der Waals surface area contributed by atoms with E-state index in [2.05, 4.69) is 60.8 Å². The van der Waals surface area contributed by atoms with E-state index in [4.69, 9.17) is 0 Å². The van der Waals surface area contributed by atoms with Crippen LogP contribution in [0.5, 0.6) is 0 Å². The maximum Gasteiger partial charge on any atom is -0.0183 e. The summed E-state index contributed by atoms with van der Waals surface area (Å²) in [5, 5.41) is 0. The second-order valence-electron chi connectivity index (χ2n) is 3.23. The van der Waals surface area contributed by atoms with Crippen molar-refractivity contribution in [2.75, 3.05) is 6.66 Å². The summed E-state index contributed by atoms with van der Waals surface area (Å²) >= 11 is 0. The normalized spacial score (nSPS) is 20.7. The van der Waals surface area contributed by atoms with Gasteiger partial charge in [0.25, 0.3) is 0 Å². The van der Waals surface area contributed by atoms with Gasteiger partial charge in [-0.3, -0.25) is 0 Å². The zero-order valence-electron chi connectivity index (χ0n) is 7.70. The topological polar surface area (TPSA) is 0 Å². The minimum atomic E-state index is -0.315. The van der Waals surface area contributed by atoms with Gasteiger partial charge in [-0.05, 0) is 17.8 Å². The summed E-state index contributed by atoms with van der Waals surface area (Å²) in [4.78, 5) is 0. The van der Waals surface area contributed by atoms with Gasteiger partial charge in [-0.2, -0.15) is 0 Å². The molecule has 1 unspecified atom stereocenters. The van der Waals surface area contributed by atoms with Gasteiger partial charge in [-0.15, -0.1) is 7.55 Å². The highest BCUT2D eigenvalue weighted by Gasteiger charge is 1.97. The van der Waals surface area contributed by atoms with Crippen molar-refractivity contribution in [1.82, 2.24) is 0 Å². The lowest BCUT2D eigenvalue weighted by Crippen LogP contribution is -1.83. The summed E-state index contributed by atoms with van der Waals surface area (Å²) in [7, 11) is -0.315. The molecule has 1 heteroatoms. The highest BCUT2D eigenvalue weighted by Crippen LogP contribution is 2.27. The minimum absolute atomic E-state index is 0.315. The molecule has 1 heterocycles. The van der Waals surface area contributed by atoms with Gasteiger partial charge in [0.2, 0.25) is 0 Å². The summed E-state index contributed by atoms with van der Waals surface area (Å²) < 4.78 is 0. The van der Waals surface area contributed by atoms with Crippen molar-refractivity contribution in [2.45, 2.75) is 0 Å². The van der Waals surface area contributed by atoms with Crippen LogP contribution in [0.1, 0.15) is 5.56 Å². The Hall–Kier alpha value is -1.00. The van der Waals surface area contributed by atoms with Gasteiger partial charge in [0.05, 0.1) is 0 Å². The fourth-order valence-electron chi connectivity index (χ4n) is 1.38. The van der Waals surface area contributed by atoms with Crippen molar-refractivity contribution in [3.63, 3.8) is 0 Å². The van der Waals surface area contributed by atoms with Crippen molar-refractivity contribution in [2.24, 2.45) is 0 Å². The molecule has 0 saturated heterocycles. The zero-order chi connectivity index (χ0) is 9.10. The van der Waals surface area contributed by atoms with Crippen LogP contribution >= 0.6 is 7.55 Å². The number of hydrogen-bond acceptors (Lipinski definition) is 0. The maximum atomic E-state index is 2.33. The molecule has 0 radical (unpaired) electrons. The van der Waals surface area contributed by atoms with Crippen molar-refractivity contribution in [3.8, 4) is 0 Å². The SMILES string of the molecule is C[PH]1=CC=C(c2ccccc2)C=C1. The van der Waals surface area contributed by atoms with E-state index in [1.54, 1.807) is 0 Å². The highest BCUT2D eigenvalue weighted by molar-refractivity contribution is 7.60. The Bertz CT molecular complexity index is 383. The van der Waals surface area contributed by atoms with Crippen LogP contribution in [0.4, 0.5) is 0 Å². The van der Waals surface area contributed by atoms with Crippen LogP contribution < -0.4 is 0 Å². The lowest BCUT2D eigenvalue weighted by Gasteiger charge is -2.05. The molecule has 66 valence electrons. The van der Waals surface area contributed by atoms with E-state index in [1.807, 2.05) is 0 Å². The third kappa shape index (κ3) is 2.02. The minimum Gasteiger partial charge on any atom is -0.100 e. The molecule has 0 fully saturated rings. The van der Waals surface area contributed by atoms with Gasteiger partial charge < -0.3 is 0 Å². The predicted octanol–water partition coefficient (Wildman–Crippen LogP) is 3.24. The fourth-order valence-corrected chi connectivity index (χ4v) is 2.37. The van der Waals surface area contributed by atoms with E-state index in [-0.39, 0.29) is 7.55 Å². The van der Waals surface area contributed by atoms with Gasteiger partial charge >= 0.3 is 0 Å². The van der Waals surface area contributed by atoms with E-state index in [9.17, 15) is 0 Å². The first-order valence-electron chi connectivity index (χ1n) is 4.48. The lowest BCUT2D eigenvalue weighted by molar-refractivity contribution is 1.63. The third-order valence-electron chi connectivity index (χ3n) is 2.16. The third-order valence-corrected chi connectivity index (χ3v) is 3.54. The number of rotatable bonds is 1. The Morgan fingerprint density at radius 1 is 1.08 bits per heavy atom. The molecular weight excluding hydrogens is 175 g/mol. The molecule has 1 aromatic rings. The molecule has 0 aromatic heterocycles. The monoisotopic (exact) mass is 188 g/mol. The molecule has 0 aliphatic carbocycles. The molecule has 0 N–H and O–H groups in total. The zero-order valence-corrected chi connectivity index (χ0v) is 8.70. The standard InChI is InChI=1S/C12H13P/c1-13-9-7-12(8-10-13)11-5-3-2-4-6-11/h2-10,13H,1H3. The van der Waals surface area contributed by atoms with E-state index in [0.29, 0.717) is 0 Å². The molecule has 0 amide bonds. The first-order valence-corrected chi connectivity index (χ1v) is 6.64. The maximum absolute atomic E-state index is 2.33. The van der Waals surface area contributed by atoms with E-state index in [1.165, 1.54) is 11.1 Å². The summed E-state index contributed by atoms with van der Waals surface area (Å²) in [6.07, 6.45) is 4.48. The van der Waals surface area contributed by atoms with Gasteiger partial charge in [0, 0.05) is 0 Å². The number of allylic oxidation sites excluding steroid dienone is 3. The Kier molecular flexibility index (Phi) is 2.52. The number of benzene rings is 1. The van der Waals surface area contributed by atoms with E-state index < -0.39 is 0 Å². The largest absolute Gasteiger partial charge is 0.100 e. The van der Waals surface area contributed by atoms with Gasteiger partial charge in [-0.1, -0.05) is 54.1 Å². The first-order chi connectivity index (χ1) is 6.36. The van der Waals surface area contributed by atoms with Crippen molar-refractivity contribution < 1.29 is 0 Å². The van der Waals surface area contributed by atoms with Gasteiger partial charge in [0.15, 0.2) is 0 Å². The van der Waals surface area contributed by atoms with Crippen LogP contribution in [0, 0.1) is 0 Å². The Morgan fingerprint density at radius 3 is 2.46 bits per heavy atom. The van der Waals surface area contributed by atoms with Crippen LogP contribution in [-0.2, 0) is 0 Å². The highest BCUT2D eigenvalue weighted by atomic mass is 31.1. The smallest absolute Gasteiger partial charge is 0.0183 e. The Balaban J connectivity index is 2.36. The van der Waals surface area contributed by atoms with Gasteiger partial charge in [0.1, 0.15) is 0 Å². The average Bonchev–Trinajstić information content (AvgIpc) is 2.20.